The smallest absolute Gasteiger partial charge is 0.333 e. The molecule has 3 rings (SSSR count). The molecular weight excluding hydrogens is 306 g/mol. The van der Waals surface area contributed by atoms with Gasteiger partial charge in [-0.15, -0.1) is 0 Å². The highest BCUT2D eigenvalue weighted by molar-refractivity contribution is 7.83. The molecule has 0 aromatic heterocycles. The highest BCUT2D eigenvalue weighted by atomic mass is 32.2. The van der Waals surface area contributed by atoms with Crippen LogP contribution in [0.5, 0.6) is 0 Å². The first kappa shape index (κ1) is 15.9. The largest absolute Gasteiger partial charge is 0.344 e. The standard InChI is InChI=1S/C15H21NO5S/c17-22(18,19)16-11-8-13-14(12-6-2-1-3-7-12)21-15(20-13)9-4-5-10-15/h1-3,6-7,13-14,16H,4-5,8-11H2,(H,17,18,19). The Morgan fingerprint density at radius 3 is 2.50 bits per heavy atom. The SMILES string of the molecule is O=S(=O)(O)NCCC1OC2(CCCC2)OC1c1ccccc1. The van der Waals surface area contributed by atoms with Crippen molar-refractivity contribution < 1.29 is 22.4 Å². The van der Waals surface area contributed by atoms with Crippen LogP contribution < -0.4 is 4.72 Å². The molecule has 2 fully saturated rings. The Balaban J connectivity index is 1.72. The minimum Gasteiger partial charge on any atom is -0.344 e. The molecule has 1 aromatic carbocycles. The zero-order valence-electron chi connectivity index (χ0n) is 12.3. The minimum absolute atomic E-state index is 0.117. The van der Waals surface area contributed by atoms with Crippen LogP contribution in [-0.4, -0.2) is 31.4 Å². The minimum atomic E-state index is -4.17. The van der Waals surface area contributed by atoms with Crippen molar-refractivity contribution in [3.8, 4) is 0 Å². The van der Waals surface area contributed by atoms with E-state index in [4.69, 9.17) is 14.0 Å². The predicted molar refractivity (Wildman–Crippen MR) is 80.5 cm³/mol. The van der Waals surface area contributed by atoms with E-state index in [9.17, 15) is 8.42 Å². The monoisotopic (exact) mass is 327 g/mol. The fourth-order valence-electron chi connectivity index (χ4n) is 3.29. The molecule has 2 unspecified atom stereocenters. The number of rotatable bonds is 5. The number of nitrogens with one attached hydrogen (secondary N) is 1. The van der Waals surface area contributed by atoms with E-state index < -0.39 is 16.1 Å². The number of ether oxygens (including phenoxy) is 2. The van der Waals surface area contributed by atoms with Crippen LogP contribution in [0.1, 0.15) is 43.8 Å². The summed E-state index contributed by atoms with van der Waals surface area (Å²) < 4.78 is 44.8. The molecule has 1 spiro atoms. The average Bonchev–Trinajstić information content (AvgIpc) is 3.07. The van der Waals surface area contributed by atoms with Crippen LogP contribution in [0.3, 0.4) is 0 Å². The van der Waals surface area contributed by atoms with Gasteiger partial charge in [0.1, 0.15) is 6.10 Å². The third-order valence-corrected chi connectivity index (χ3v) is 4.82. The topological polar surface area (TPSA) is 84.9 Å². The van der Waals surface area contributed by atoms with Gasteiger partial charge in [-0.05, 0) is 24.8 Å². The van der Waals surface area contributed by atoms with E-state index in [1.54, 1.807) is 0 Å². The summed E-state index contributed by atoms with van der Waals surface area (Å²) >= 11 is 0. The Morgan fingerprint density at radius 1 is 1.18 bits per heavy atom. The lowest BCUT2D eigenvalue weighted by atomic mass is 10.0. The molecule has 2 N–H and O–H groups in total. The molecule has 0 radical (unpaired) electrons. The quantitative estimate of drug-likeness (QED) is 0.810. The summed E-state index contributed by atoms with van der Waals surface area (Å²) in [5.74, 6) is -0.525. The third-order valence-electron chi connectivity index (χ3n) is 4.25. The zero-order valence-corrected chi connectivity index (χ0v) is 13.1. The molecule has 7 heteroatoms. The van der Waals surface area contributed by atoms with Crippen molar-refractivity contribution in [2.75, 3.05) is 6.54 Å². The van der Waals surface area contributed by atoms with Crippen molar-refractivity contribution in [3.05, 3.63) is 35.9 Å². The lowest BCUT2D eigenvalue weighted by molar-refractivity contribution is -0.170. The van der Waals surface area contributed by atoms with E-state index in [0.717, 1.165) is 31.2 Å². The van der Waals surface area contributed by atoms with Gasteiger partial charge in [0.05, 0.1) is 6.10 Å². The van der Waals surface area contributed by atoms with Gasteiger partial charge in [-0.25, -0.2) is 0 Å². The first-order valence-corrected chi connectivity index (χ1v) is 9.04. The summed E-state index contributed by atoms with van der Waals surface area (Å²) in [6.45, 7) is 0.117. The van der Waals surface area contributed by atoms with Gasteiger partial charge in [-0.1, -0.05) is 30.3 Å². The van der Waals surface area contributed by atoms with E-state index in [2.05, 4.69) is 4.72 Å². The van der Waals surface area contributed by atoms with Crippen LogP contribution in [0.15, 0.2) is 30.3 Å². The summed E-state index contributed by atoms with van der Waals surface area (Å²) in [7, 11) is -4.17. The van der Waals surface area contributed by atoms with Crippen LogP contribution in [0, 0.1) is 0 Å². The van der Waals surface area contributed by atoms with Crippen LogP contribution >= 0.6 is 0 Å². The second-order valence-electron chi connectivity index (χ2n) is 5.88. The molecule has 1 heterocycles. The fraction of sp³-hybridized carbons (Fsp3) is 0.600. The summed E-state index contributed by atoms with van der Waals surface area (Å²) in [4.78, 5) is 0. The number of hydrogen-bond acceptors (Lipinski definition) is 4. The van der Waals surface area contributed by atoms with E-state index >= 15 is 0 Å². The highest BCUT2D eigenvalue weighted by Crippen LogP contribution is 2.47. The van der Waals surface area contributed by atoms with Crippen LogP contribution in [0.2, 0.25) is 0 Å². The van der Waals surface area contributed by atoms with Crippen molar-refractivity contribution in [2.45, 2.75) is 50.1 Å². The van der Waals surface area contributed by atoms with Crippen molar-refractivity contribution in [3.63, 3.8) is 0 Å². The van der Waals surface area contributed by atoms with Crippen molar-refractivity contribution in [1.29, 1.82) is 0 Å². The normalized spacial score (nSPS) is 27.5. The molecule has 1 saturated heterocycles. The van der Waals surface area contributed by atoms with E-state index in [-0.39, 0.29) is 18.8 Å². The zero-order chi connectivity index (χ0) is 15.6. The summed E-state index contributed by atoms with van der Waals surface area (Å²) in [6, 6.07) is 9.83. The van der Waals surface area contributed by atoms with E-state index in [1.807, 2.05) is 30.3 Å². The molecular formula is C15H21NO5S. The lowest BCUT2D eigenvalue weighted by Gasteiger charge is -2.22. The third kappa shape index (κ3) is 3.67. The molecule has 2 atom stereocenters. The molecule has 122 valence electrons. The van der Waals surface area contributed by atoms with Gasteiger partial charge in [0, 0.05) is 19.4 Å². The van der Waals surface area contributed by atoms with Gasteiger partial charge in [-0.3, -0.25) is 4.55 Å². The van der Waals surface area contributed by atoms with Gasteiger partial charge in [0.15, 0.2) is 5.79 Å². The van der Waals surface area contributed by atoms with Crippen molar-refractivity contribution in [1.82, 2.24) is 4.72 Å². The average molecular weight is 327 g/mol. The molecule has 1 aliphatic heterocycles. The molecule has 2 aliphatic rings. The Kier molecular flexibility index (Phi) is 4.52. The Morgan fingerprint density at radius 2 is 1.86 bits per heavy atom. The van der Waals surface area contributed by atoms with Gasteiger partial charge >= 0.3 is 10.3 Å². The molecule has 6 nitrogen and oxygen atoms in total. The summed E-state index contributed by atoms with van der Waals surface area (Å²) in [5, 5.41) is 0. The molecule has 22 heavy (non-hydrogen) atoms. The number of hydrogen-bond donors (Lipinski definition) is 2. The molecule has 1 aliphatic carbocycles. The predicted octanol–water partition coefficient (Wildman–Crippen LogP) is 2.20. The fourth-order valence-corrected chi connectivity index (χ4v) is 3.66. The molecule has 0 amide bonds. The maximum Gasteiger partial charge on any atom is 0.333 e. The van der Waals surface area contributed by atoms with Gasteiger partial charge < -0.3 is 9.47 Å². The molecule has 1 saturated carbocycles. The lowest BCUT2D eigenvalue weighted by Crippen LogP contribution is -2.29. The Bertz CT molecular complexity index is 598. The van der Waals surface area contributed by atoms with Gasteiger partial charge in [-0.2, -0.15) is 13.1 Å². The Labute approximate surface area is 130 Å². The van der Waals surface area contributed by atoms with E-state index in [0.29, 0.717) is 6.42 Å². The van der Waals surface area contributed by atoms with Gasteiger partial charge in [0.25, 0.3) is 0 Å². The molecule has 0 bridgehead atoms. The van der Waals surface area contributed by atoms with Crippen LogP contribution in [0.25, 0.3) is 0 Å². The maximum absolute atomic E-state index is 10.8. The van der Waals surface area contributed by atoms with Crippen molar-refractivity contribution in [2.24, 2.45) is 0 Å². The summed E-state index contributed by atoms with van der Waals surface area (Å²) in [5.41, 5.74) is 1.03. The molecule has 1 aromatic rings. The van der Waals surface area contributed by atoms with Crippen LogP contribution in [0.4, 0.5) is 0 Å². The second-order valence-corrected chi connectivity index (χ2v) is 7.12. The number of benzene rings is 1. The van der Waals surface area contributed by atoms with Gasteiger partial charge in [0.2, 0.25) is 0 Å². The first-order valence-electron chi connectivity index (χ1n) is 7.60. The summed E-state index contributed by atoms with van der Waals surface area (Å²) in [6.07, 6.45) is 3.92. The van der Waals surface area contributed by atoms with Crippen LogP contribution in [-0.2, 0) is 19.8 Å². The highest BCUT2D eigenvalue weighted by Gasteiger charge is 2.49. The second kappa shape index (κ2) is 6.25. The maximum atomic E-state index is 10.8. The van der Waals surface area contributed by atoms with E-state index in [1.165, 1.54) is 0 Å². The Hall–Kier alpha value is -0.990. The van der Waals surface area contributed by atoms with Crippen molar-refractivity contribution >= 4 is 10.3 Å². The first-order chi connectivity index (χ1) is 10.5.